The number of hydrogen-bond donors (Lipinski definition) is 1. The van der Waals surface area contributed by atoms with Crippen LogP contribution in [0.4, 0.5) is 5.69 Å². The molecule has 1 amide bonds. The lowest BCUT2D eigenvalue weighted by molar-refractivity contribution is 0.0600. The molecule has 0 aliphatic heterocycles. The number of Topliss-reactive ketones (excluding diaryl/α,β-unsaturated/α-hetero) is 1. The first-order chi connectivity index (χ1) is 12.4. The van der Waals surface area contributed by atoms with Gasteiger partial charge in [-0.05, 0) is 66.2 Å². The van der Waals surface area contributed by atoms with E-state index < -0.39 is 11.9 Å². The van der Waals surface area contributed by atoms with Crippen LogP contribution in [0.15, 0.2) is 40.9 Å². The van der Waals surface area contributed by atoms with Gasteiger partial charge in [-0.25, -0.2) is 4.79 Å². The van der Waals surface area contributed by atoms with E-state index in [0.717, 1.165) is 0 Å². The van der Waals surface area contributed by atoms with Gasteiger partial charge in [0.15, 0.2) is 5.78 Å². The normalized spacial score (nSPS) is 10.2. The molecule has 0 aliphatic carbocycles. The van der Waals surface area contributed by atoms with Crippen molar-refractivity contribution in [1.29, 1.82) is 0 Å². The van der Waals surface area contributed by atoms with E-state index in [9.17, 15) is 14.4 Å². The summed E-state index contributed by atoms with van der Waals surface area (Å²) in [6, 6.07) is 9.40. The second-order valence-corrected chi connectivity index (χ2v) is 6.19. The molecule has 0 atom stereocenters. The largest absolute Gasteiger partial charge is 0.492 e. The summed E-state index contributed by atoms with van der Waals surface area (Å²) in [4.78, 5) is 36.0. The molecule has 2 rings (SSSR count). The molecule has 26 heavy (non-hydrogen) atoms. The molecular formula is C19H18BrNO5. The van der Waals surface area contributed by atoms with Crippen LogP contribution in [0.3, 0.4) is 0 Å². The number of ether oxygens (including phenoxy) is 2. The minimum absolute atomic E-state index is 0.127. The Bertz CT molecular complexity index is 863. The maximum absolute atomic E-state index is 12.7. The standard InChI is InChI=1S/C19H18BrNO5/c1-4-26-17-8-6-12(11(2)22)10-16(17)21-18(23)14-9-13(19(24)25-3)5-7-15(14)20/h5-10H,4H2,1-3H3,(H,21,23). The van der Waals surface area contributed by atoms with Crippen LogP contribution in [0.2, 0.25) is 0 Å². The Morgan fingerprint density at radius 2 is 1.77 bits per heavy atom. The Hall–Kier alpha value is -2.67. The monoisotopic (exact) mass is 419 g/mol. The van der Waals surface area contributed by atoms with Crippen molar-refractivity contribution in [2.24, 2.45) is 0 Å². The van der Waals surface area contributed by atoms with E-state index in [0.29, 0.717) is 28.1 Å². The van der Waals surface area contributed by atoms with E-state index in [-0.39, 0.29) is 16.9 Å². The first-order valence-electron chi connectivity index (χ1n) is 7.84. The fraction of sp³-hybridized carbons (Fsp3) is 0.211. The molecule has 2 aromatic carbocycles. The third-order valence-electron chi connectivity index (χ3n) is 3.57. The molecule has 2 aromatic rings. The van der Waals surface area contributed by atoms with Gasteiger partial charge in [0, 0.05) is 10.0 Å². The van der Waals surface area contributed by atoms with Crippen molar-refractivity contribution in [2.45, 2.75) is 13.8 Å². The summed E-state index contributed by atoms with van der Waals surface area (Å²) >= 11 is 3.30. The lowest BCUT2D eigenvalue weighted by Gasteiger charge is -2.13. The molecule has 7 heteroatoms. The second kappa shape index (κ2) is 8.62. The molecule has 0 bridgehead atoms. The number of carbonyl (C=O) groups excluding carboxylic acids is 3. The van der Waals surface area contributed by atoms with Crippen LogP contribution in [-0.4, -0.2) is 31.4 Å². The highest BCUT2D eigenvalue weighted by Crippen LogP contribution is 2.28. The summed E-state index contributed by atoms with van der Waals surface area (Å²) in [5.41, 5.74) is 1.33. The van der Waals surface area contributed by atoms with E-state index in [1.807, 2.05) is 6.92 Å². The van der Waals surface area contributed by atoms with Crippen LogP contribution >= 0.6 is 15.9 Å². The van der Waals surface area contributed by atoms with Gasteiger partial charge in [-0.2, -0.15) is 0 Å². The average Bonchev–Trinajstić information content (AvgIpc) is 2.62. The van der Waals surface area contributed by atoms with Crippen LogP contribution in [-0.2, 0) is 4.74 Å². The topological polar surface area (TPSA) is 81.7 Å². The van der Waals surface area contributed by atoms with Gasteiger partial charge in [0.2, 0.25) is 0 Å². The minimum atomic E-state index is -0.542. The van der Waals surface area contributed by atoms with Crippen LogP contribution in [0, 0.1) is 0 Å². The summed E-state index contributed by atoms with van der Waals surface area (Å²) in [7, 11) is 1.27. The Morgan fingerprint density at radius 3 is 2.38 bits per heavy atom. The molecule has 6 nitrogen and oxygen atoms in total. The molecule has 0 saturated carbocycles. The maximum Gasteiger partial charge on any atom is 0.337 e. The highest BCUT2D eigenvalue weighted by molar-refractivity contribution is 9.10. The van der Waals surface area contributed by atoms with E-state index in [4.69, 9.17) is 4.74 Å². The molecule has 0 heterocycles. The van der Waals surface area contributed by atoms with Crippen molar-refractivity contribution in [3.63, 3.8) is 0 Å². The van der Waals surface area contributed by atoms with Gasteiger partial charge >= 0.3 is 5.97 Å². The predicted molar refractivity (Wildman–Crippen MR) is 101 cm³/mol. The van der Waals surface area contributed by atoms with Crippen molar-refractivity contribution >= 4 is 39.3 Å². The number of benzene rings is 2. The minimum Gasteiger partial charge on any atom is -0.492 e. The molecule has 0 aromatic heterocycles. The molecule has 0 radical (unpaired) electrons. The third kappa shape index (κ3) is 4.49. The van der Waals surface area contributed by atoms with E-state index in [1.54, 1.807) is 30.3 Å². The fourth-order valence-electron chi connectivity index (χ4n) is 2.26. The zero-order chi connectivity index (χ0) is 19.3. The zero-order valence-corrected chi connectivity index (χ0v) is 16.2. The van der Waals surface area contributed by atoms with Crippen LogP contribution in [0.1, 0.15) is 44.9 Å². The highest BCUT2D eigenvalue weighted by Gasteiger charge is 2.17. The summed E-state index contributed by atoms with van der Waals surface area (Å²) in [5, 5.41) is 2.73. The fourth-order valence-corrected chi connectivity index (χ4v) is 2.69. The quantitative estimate of drug-likeness (QED) is 0.563. The van der Waals surface area contributed by atoms with Crippen molar-refractivity contribution in [2.75, 3.05) is 19.0 Å². The molecule has 0 fully saturated rings. The Labute approximate surface area is 159 Å². The average molecular weight is 420 g/mol. The van der Waals surface area contributed by atoms with Crippen molar-refractivity contribution in [3.8, 4) is 5.75 Å². The molecule has 0 spiro atoms. The zero-order valence-electron chi connectivity index (χ0n) is 14.6. The number of amides is 1. The smallest absolute Gasteiger partial charge is 0.337 e. The van der Waals surface area contributed by atoms with Crippen LogP contribution < -0.4 is 10.1 Å². The Balaban J connectivity index is 2.39. The van der Waals surface area contributed by atoms with Gasteiger partial charge in [-0.3, -0.25) is 9.59 Å². The van der Waals surface area contributed by atoms with Gasteiger partial charge < -0.3 is 14.8 Å². The summed E-state index contributed by atoms with van der Waals surface area (Å²) in [5.74, 6) is -0.673. The molecule has 0 aliphatic rings. The summed E-state index contributed by atoms with van der Waals surface area (Å²) in [6.45, 7) is 3.67. The number of esters is 1. The van der Waals surface area contributed by atoms with Crippen LogP contribution in [0.5, 0.6) is 5.75 Å². The number of rotatable bonds is 6. The third-order valence-corrected chi connectivity index (χ3v) is 4.26. The first-order valence-corrected chi connectivity index (χ1v) is 8.63. The Kier molecular flexibility index (Phi) is 6.52. The number of hydrogen-bond acceptors (Lipinski definition) is 5. The van der Waals surface area contributed by atoms with Gasteiger partial charge in [0.05, 0.1) is 30.5 Å². The summed E-state index contributed by atoms with van der Waals surface area (Å²) < 4.78 is 10.7. The molecule has 1 N–H and O–H groups in total. The van der Waals surface area contributed by atoms with Gasteiger partial charge in [0.1, 0.15) is 5.75 Å². The lowest BCUT2D eigenvalue weighted by atomic mass is 10.1. The number of carbonyl (C=O) groups is 3. The molecule has 0 unspecified atom stereocenters. The number of ketones is 1. The second-order valence-electron chi connectivity index (χ2n) is 5.34. The molecular weight excluding hydrogens is 402 g/mol. The predicted octanol–water partition coefficient (Wildman–Crippen LogP) is 4.09. The number of halogens is 1. The number of methoxy groups -OCH3 is 1. The Morgan fingerprint density at radius 1 is 1.08 bits per heavy atom. The lowest BCUT2D eigenvalue weighted by Crippen LogP contribution is -2.15. The SMILES string of the molecule is CCOc1ccc(C(C)=O)cc1NC(=O)c1cc(C(=O)OC)ccc1Br. The van der Waals surface area contributed by atoms with E-state index >= 15 is 0 Å². The molecule has 0 saturated heterocycles. The van der Waals surface area contributed by atoms with Gasteiger partial charge in [0.25, 0.3) is 5.91 Å². The molecule has 136 valence electrons. The number of nitrogens with one attached hydrogen (secondary N) is 1. The number of anilines is 1. The highest BCUT2D eigenvalue weighted by atomic mass is 79.9. The van der Waals surface area contributed by atoms with Crippen molar-refractivity contribution in [1.82, 2.24) is 0 Å². The van der Waals surface area contributed by atoms with Crippen molar-refractivity contribution in [3.05, 3.63) is 57.6 Å². The van der Waals surface area contributed by atoms with E-state index in [2.05, 4.69) is 26.0 Å². The van der Waals surface area contributed by atoms with Gasteiger partial charge in [-0.15, -0.1) is 0 Å². The van der Waals surface area contributed by atoms with Crippen LogP contribution in [0.25, 0.3) is 0 Å². The summed E-state index contributed by atoms with van der Waals surface area (Å²) in [6.07, 6.45) is 0. The van der Waals surface area contributed by atoms with Crippen molar-refractivity contribution < 1.29 is 23.9 Å². The van der Waals surface area contributed by atoms with Gasteiger partial charge in [-0.1, -0.05) is 0 Å². The van der Waals surface area contributed by atoms with E-state index in [1.165, 1.54) is 20.1 Å². The maximum atomic E-state index is 12.7. The first kappa shape index (κ1) is 19.7.